The summed E-state index contributed by atoms with van der Waals surface area (Å²) in [5, 5.41) is 12.3. The molecule has 1 aromatic heterocycles. The van der Waals surface area contributed by atoms with Crippen LogP contribution < -0.4 is 5.32 Å². The van der Waals surface area contributed by atoms with Gasteiger partial charge in [0.25, 0.3) is 0 Å². The van der Waals surface area contributed by atoms with E-state index in [2.05, 4.69) is 74.1 Å². The molecule has 1 aromatic carbocycles. The zero-order valence-corrected chi connectivity index (χ0v) is 17.6. The molecule has 6 heteroatoms. The summed E-state index contributed by atoms with van der Waals surface area (Å²) >= 11 is 1.41. The monoisotopic (exact) mass is 386 g/mol. The Labute approximate surface area is 166 Å². The first-order chi connectivity index (χ1) is 12.9. The van der Waals surface area contributed by atoms with Crippen molar-refractivity contribution in [1.82, 2.24) is 20.1 Å². The fourth-order valence-electron chi connectivity index (χ4n) is 2.61. The topological polar surface area (TPSA) is 59.8 Å². The van der Waals surface area contributed by atoms with Crippen LogP contribution in [0.25, 0.3) is 11.4 Å². The summed E-state index contributed by atoms with van der Waals surface area (Å²) in [4.78, 5) is 12.0. The number of unbranched alkanes of at least 4 members (excludes halogenated alkanes) is 1. The van der Waals surface area contributed by atoms with E-state index >= 15 is 0 Å². The molecule has 1 amide bonds. The molecule has 2 aromatic rings. The smallest absolute Gasteiger partial charge is 0.230 e. The molecule has 0 aliphatic rings. The average Bonchev–Trinajstić information content (AvgIpc) is 3.03. The van der Waals surface area contributed by atoms with E-state index in [4.69, 9.17) is 0 Å². The van der Waals surface area contributed by atoms with E-state index in [1.807, 2.05) is 10.6 Å². The highest BCUT2D eigenvalue weighted by molar-refractivity contribution is 7.99. The maximum Gasteiger partial charge on any atom is 0.230 e. The van der Waals surface area contributed by atoms with Crippen LogP contribution in [0.5, 0.6) is 0 Å². The fourth-order valence-corrected chi connectivity index (χ4v) is 3.39. The number of hydrogen-bond acceptors (Lipinski definition) is 4. The zero-order valence-electron chi connectivity index (χ0n) is 16.8. The first-order valence-corrected chi connectivity index (χ1v) is 10.4. The molecular weight excluding hydrogens is 356 g/mol. The summed E-state index contributed by atoms with van der Waals surface area (Å²) in [6.07, 6.45) is 3.89. The van der Waals surface area contributed by atoms with Crippen molar-refractivity contribution in [3.8, 4) is 11.4 Å². The number of aromatic nitrogens is 3. The van der Waals surface area contributed by atoms with Gasteiger partial charge in [-0.25, -0.2) is 0 Å². The minimum atomic E-state index is 0.0256. The van der Waals surface area contributed by atoms with E-state index in [-0.39, 0.29) is 11.3 Å². The third kappa shape index (κ3) is 5.96. The number of nitrogens with one attached hydrogen (secondary N) is 1. The van der Waals surface area contributed by atoms with E-state index in [9.17, 15) is 4.79 Å². The van der Waals surface area contributed by atoms with Gasteiger partial charge in [-0.2, -0.15) is 0 Å². The van der Waals surface area contributed by atoms with Crippen molar-refractivity contribution in [2.75, 3.05) is 12.3 Å². The number of allylic oxidation sites excluding steroid dienone is 1. The van der Waals surface area contributed by atoms with Gasteiger partial charge in [0.1, 0.15) is 0 Å². The minimum absolute atomic E-state index is 0.0256. The Hall–Kier alpha value is -2.08. The third-order valence-electron chi connectivity index (χ3n) is 4.22. The molecule has 0 aliphatic heterocycles. The van der Waals surface area contributed by atoms with Gasteiger partial charge >= 0.3 is 0 Å². The molecule has 0 radical (unpaired) electrons. The van der Waals surface area contributed by atoms with Gasteiger partial charge in [-0.05, 0) is 17.4 Å². The fraction of sp³-hybridized carbons (Fsp3) is 0.476. The summed E-state index contributed by atoms with van der Waals surface area (Å²) in [5.41, 5.74) is 2.40. The number of nitrogens with zero attached hydrogens (tertiary/aromatic N) is 3. The third-order valence-corrected chi connectivity index (χ3v) is 5.19. The standard InChI is InChI=1S/C21H30N4OS/c1-6-8-13-22-18(26)15-27-20-24-23-19(25(20)14-7-2)16-9-11-17(12-10-16)21(3,4)5/h7,9-12H,2,6,8,13-15H2,1,3-5H3,(H,22,26). The molecule has 0 spiro atoms. The summed E-state index contributed by atoms with van der Waals surface area (Å²) in [7, 11) is 0. The van der Waals surface area contributed by atoms with Crippen LogP contribution in [0.2, 0.25) is 0 Å². The molecule has 0 atom stereocenters. The Bertz CT molecular complexity index is 759. The van der Waals surface area contributed by atoms with Gasteiger partial charge in [0.15, 0.2) is 11.0 Å². The van der Waals surface area contributed by atoms with Crippen LogP contribution in [0.1, 0.15) is 46.1 Å². The highest BCUT2D eigenvalue weighted by Gasteiger charge is 2.17. The second-order valence-corrected chi connectivity index (χ2v) is 8.47. The van der Waals surface area contributed by atoms with Crippen molar-refractivity contribution < 1.29 is 4.79 Å². The Morgan fingerprint density at radius 2 is 1.96 bits per heavy atom. The maximum atomic E-state index is 12.0. The van der Waals surface area contributed by atoms with Gasteiger partial charge in [0.05, 0.1) is 5.75 Å². The lowest BCUT2D eigenvalue weighted by atomic mass is 9.87. The van der Waals surface area contributed by atoms with E-state index in [1.165, 1.54) is 17.3 Å². The normalized spacial score (nSPS) is 11.4. The minimum Gasteiger partial charge on any atom is -0.355 e. The number of amides is 1. The Kier molecular flexibility index (Phi) is 7.66. The molecule has 0 aliphatic carbocycles. The van der Waals surface area contributed by atoms with Crippen molar-refractivity contribution in [2.24, 2.45) is 0 Å². The van der Waals surface area contributed by atoms with Crippen molar-refractivity contribution in [3.05, 3.63) is 42.5 Å². The molecule has 146 valence electrons. The molecule has 2 rings (SSSR count). The van der Waals surface area contributed by atoms with Crippen molar-refractivity contribution in [3.63, 3.8) is 0 Å². The first kappa shape index (κ1) is 21.2. The zero-order chi connectivity index (χ0) is 19.9. The highest BCUT2D eigenvalue weighted by atomic mass is 32.2. The van der Waals surface area contributed by atoms with E-state index in [1.54, 1.807) is 0 Å². The van der Waals surface area contributed by atoms with Crippen LogP contribution in [0, 0.1) is 0 Å². The molecule has 0 saturated carbocycles. The van der Waals surface area contributed by atoms with E-state index in [0.717, 1.165) is 35.9 Å². The molecule has 27 heavy (non-hydrogen) atoms. The molecular formula is C21H30N4OS. The van der Waals surface area contributed by atoms with Crippen LogP contribution in [-0.2, 0) is 16.8 Å². The number of carbonyl (C=O) groups excluding carboxylic acids is 1. The van der Waals surface area contributed by atoms with Crippen LogP contribution in [0.15, 0.2) is 42.1 Å². The maximum absolute atomic E-state index is 12.0. The second kappa shape index (κ2) is 9.74. The van der Waals surface area contributed by atoms with Gasteiger partial charge in [0, 0.05) is 18.7 Å². The molecule has 5 nitrogen and oxygen atoms in total. The number of thioether (sulfide) groups is 1. The predicted octanol–water partition coefficient (Wildman–Crippen LogP) is 4.44. The molecule has 0 saturated heterocycles. The summed E-state index contributed by atoms with van der Waals surface area (Å²) < 4.78 is 2.00. The summed E-state index contributed by atoms with van der Waals surface area (Å²) in [6.45, 7) is 13.9. The van der Waals surface area contributed by atoms with Gasteiger partial charge < -0.3 is 5.32 Å². The second-order valence-electron chi connectivity index (χ2n) is 7.52. The number of benzene rings is 1. The van der Waals surface area contributed by atoms with Gasteiger partial charge in [-0.1, -0.05) is 76.2 Å². The average molecular weight is 387 g/mol. The van der Waals surface area contributed by atoms with Crippen LogP contribution in [0.4, 0.5) is 0 Å². The predicted molar refractivity (Wildman–Crippen MR) is 113 cm³/mol. The molecule has 0 unspecified atom stereocenters. The van der Waals surface area contributed by atoms with Crippen molar-refractivity contribution >= 4 is 17.7 Å². The van der Waals surface area contributed by atoms with Crippen LogP contribution in [-0.4, -0.2) is 33.0 Å². The molecule has 1 heterocycles. The molecule has 0 fully saturated rings. The largest absolute Gasteiger partial charge is 0.355 e. The van der Waals surface area contributed by atoms with E-state index in [0.29, 0.717) is 12.3 Å². The quantitative estimate of drug-likeness (QED) is 0.393. The lowest BCUT2D eigenvalue weighted by Crippen LogP contribution is -2.26. The Morgan fingerprint density at radius 3 is 2.56 bits per heavy atom. The molecule has 0 bridgehead atoms. The van der Waals surface area contributed by atoms with Crippen molar-refractivity contribution in [2.45, 2.75) is 57.7 Å². The number of carbonyl (C=O) groups is 1. The Morgan fingerprint density at radius 1 is 1.26 bits per heavy atom. The SMILES string of the molecule is C=CCn1c(SCC(=O)NCCCC)nnc1-c1ccc(C(C)(C)C)cc1. The molecule has 1 N–H and O–H groups in total. The number of hydrogen-bond donors (Lipinski definition) is 1. The number of rotatable bonds is 9. The lowest BCUT2D eigenvalue weighted by Gasteiger charge is -2.19. The first-order valence-electron chi connectivity index (χ1n) is 9.41. The Balaban J connectivity index is 2.14. The lowest BCUT2D eigenvalue weighted by molar-refractivity contribution is -0.118. The highest BCUT2D eigenvalue weighted by Crippen LogP contribution is 2.27. The van der Waals surface area contributed by atoms with Crippen LogP contribution >= 0.6 is 11.8 Å². The van der Waals surface area contributed by atoms with Gasteiger partial charge in [-0.15, -0.1) is 16.8 Å². The van der Waals surface area contributed by atoms with Gasteiger partial charge in [0.2, 0.25) is 5.91 Å². The van der Waals surface area contributed by atoms with Crippen molar-refractivity contribution in [1.29, 1.82) is 0 Å². The summed E-state index contributed by atoms with van der Waals surface area (Å²) in [6, 6.07) is 8.43. The van der Waals surface area contributed by atoms with Gasteiger partial charge in [-0.3, -0.25) is 9.36 Å². The summed E-state index contributed by atoms with van der Waals surface area (Å²) in [5.74, 6) is 1.16. The van der Waals surface area contributed by atoms with Crippen LogP contribution in [0.3, 0.4) is 0 Å². The van der Waals surface area contributed by atoms with E-state index < -0.39 is 0 Å².